The van der Waals surface area contributed by atoms with Gasteiger partial charge in [0.1, 0.15) is 13.2 Å². The summed E-state index contributed by atoms with van der Waals surface area (Å²) in [5.74, 6) is 2.53. The van der Waals surface area contributed by atoms with E-state index in [4.69, 9.17) is 9.47 Å². The van der Waals surface area contributed by atoms with Crippen LogP contribution >= 0.6 is 11.8 Å². The predicted molar refractivity (Wildman–Crippen MR) is 106 cm³/mol. The maximum absolute atomic E-state index is 12.9. The van der Waals surface area contributed by atoms with Gasteiger partial charge in [0.05, 0.1) is 5.25 Å². The molecule has 4 nitrogen and oxygen atoms in total. The molecule has 0 aliphatic carbocycles. The molecular weight excluding hydrogens is 346 g/mol. The molecule has 0 saturated heterocycles. The zero-order valence-corrected chi connectivity index (χ0v) is 16.1. The molecule has 1 unspecified atom stereocenters. The van der Waals surface area contributed by atoms with Crippen molar-refractivity contribution >= 4 is 17.7 Å². The van der Waals surface area contributed by atoms with Crippen molar-refractivity contribution < 1.29 is 14.3 Å². The number of rotatable bonds is 7. The van der Waals surface area contributed by atoms with Gasteiger partial charge in [-0.15, -0.1) is 11.8 Å². The minimum absolute atomic E-state index is 0.0909. The van der Waals surface area contributed by atoms with Gasteiger partial charge in [-0.3, -0.25) is 4.79 Å². The summed E-state index contributed by atoms with van der Waals surface area (Å²) in [5.41, 5.74) is 2.24. The van der Waals surface area contributed by atoms with Gasteiger partial charge in [-0.05, 0) is 25.5 Å². The van der Waals surface area contributed by atoms with Crippen LogP contribution in [0.25, 0.3) is 0 Å². The van der Waals surface area contributed by atoms with E-state index in [2.05, 4.69) is 12.1 Å². The summed E-state index contributed by atoms with van der Waals surface area (Å²) in [4.78, 5) is 14.8. The largest absolute Gasteiger partial charge is 0.486 e. The average molecular weight is 372 g/mol. The van der Waals surface area contributed by atoms with E-state index in [1.165, 1.54) is 5.56 Å². The Bertz CT molecular complexity index is 735. The standard InChI is InChI=1S/C21H25NO3S/c1-3-22(14-18-10-7-11-19-20(18)25-13-12-24-19)21(23)16(2)26-15-17-8-5-4-6-9-17/h4-11,16H,3,12-15H2,1-2H3. The van der Waals surface area contributed by atoms with Gasteiger partial charge in [0.25, 0.3) is 0 Å². The maximum atomic E-state index is 12.9. The van der Waals surface area contributed by atoms with Crippen LogP contribution in [-0.4, -0.2) is 35.8 Å². The van der Waals surface area contributed by atoms with E-state index < -0.39 is 0 Å². The number of hydrogen-bond donors (Lipinski definition) is 0. The summed E-state index contributed by atoms with van der Waals surface area (Å²) in [6, 6.07) is 16.1. The Hall–Kier alpha value is -2.14. The summed E-state index contributed by atoms with van der Waals surface area (Å²) in [6.07, 6.45) is 0. The summed E-state index contributed by atoms with van der Waals surface area (Å²) in [6.45, 7) is 6.32. The van der Waals surface area contributed by atoms with Gasteiger partial charge < -0.3 is 14.4 Å². The molecule has 0 bridgehead atoms. The second-order valence-corrected chi connectivity index (χ2v) is 7.56. The minimum Gasteiger partial charge on any atom is -0.486 e. The molecular formula is C21H25NO3S. The van der Waals surface area contributed by atoms with E-state index in [0.29, 0.717) is 26.3 Å². The molecule has 0 aromatic heterocycles. The number of carbonyl (C=O) groups excluding carboxylic acids is 1. The Balaban J connectivity index is 1.63. The number of thioether (sulfide) groups is 1. The molecule has 3 rings (SSSR count). The van der Waals surface area contributed by atoms with Crippen LogP contribution in [-0.2, 0) is 17.1 Å². The summed E-state index contributed by atoms with van der Waals surface area (Å²) in [5, 5.41) is -0.0909. The number of carbonyl (C=O) groups is 1. The lowest BCUT2D eigenvalue weighted by Crippen LogP contribution is -2.36. The fraction of sp³-hybridized carbons (Fsp3) is 0.381. The smallest absolute Gasteiger partial charge is 0.235 e. The molecule has 1 amide bonds. The highest BCUT2D eigenvalue weighted by Crippen LogP contribution is 2.34. The highest BCUT2D eigenvalue weighted by atomic mass is 32.2. The van der Waals surface area contributed by atoms with Crippen LogP contribution in [0.1, 0.15) is 25.0 Å². The first-order valence-electron chi connectivity index (χ1n) is 9.01. The highest BCUT2D eigenvalue weighted by Gasteiger charge is 2.23. The normalized spacial score (nSPS) is 13.9. The van der Waals surface area contributed by atoms with E-state index in [0.717, 1.165) is 22.8 Å². The van der Waals surface area contributed by atoms with E-state index in [-0.39, 0.29) is 11.2 Å². The molecule has 26 heavy (non-hydrogen) atoms. The molecule has 1 aliphatic rings. The van der Waals surface area contributed by atoms with E-state index in [9.17, 15) is 4.79 Å². The number of hydrogen-bond acceptors (Lipinski definition) is 4. The van der Waals surface area contributed by atoms with Gasteiger partial charge in [-0.2, -0.15) is 0 Å². The topological polar surface area (TPSA) is 38.8 Å². The third kappa shape index (κ3) is 4.52. The number of ether oxygens (including phenoxy) is 2. The Labute approximate surface area is 159 Å². The quantitative estimate of drug-likeness (QED) is 0.734. The number of amides is 1. The Morgan fingerprint density at radius 2 is 1.88 bits per heavy atom. The lowest BCUT2D eigenvalue weighted by Gasteiger charge is -2.27. The molecule has 0 N–H and O–H groups in total. The van der Waals surface area contributed by atoms with Crippen molar-refractivity contribution in [3.05, 3.63) is 59.7 Å². The lowest BCUT2D eigenvalue weighted by atomic mass is 10.1. The number of benzene rings is 2. The molecule has 1 atom stereocenters. The van der Waals surface area contributed by atoms with Crippen molar-refractivity contribution in [3.63, 3.8) is 0 Å². The molecule has 0 spiro atoms. The first-order valence-corrected chi connectivity index (χ1v) is 10.1. The van der Waals surface area contributed by atoms with Crippen LogP contribution in [0.5, 0.6) is 11.5 Å². The second-order valence-electron chi connectivity index (χ2n) is 6.23. The second kappa shape index (κ2) is 8.99. The Kier molecular flexibility index (Phi) is 6.45. The number of fused-ring (bicyclic) bond motifs is 1. The first kappa shape index (κ1) is 18.6. The van der Waals surface area contributed by atoms with Crippen LogP contribution in [0, 0.1) is 0 Å². The summed E-state index contributed by atoms with van der Waals surface area (Å²) in [7, 11) is 0. The minimum atomic E-state index is -0.0909. The van der Waals surface area contributed by atoms with Crippen molar-refractivity contribution in [2.45, 2.75) is 31.4 Å². The van der Waals surface area contributed by atoms with Crippen LogP contribution in [0.4, 0.5) is 0 Å². The molecule has 0 fully saturated rings. The van der Waals surface area contributed by atoms with Crippen molar-refractivity contribution in [1.29, 1.82) is 0 Å². The highest BCUT2D eigenvalue weighted by molar-refractivity contribution is 7.99. The van der Waals surface area contributed by atoms with Crippen LogP contribution in [0.15, 0.2) is 48.5 Å². The summed E-state index contributed by atoms with van der Waals surface area (Å²) < 4.78 is 11.4. The molecule has 0 saturated carbocycles. The van der Waals surface area contributed by atoms with Gasteiger partial charge in [-0.25, -0.2) is 0 Å². The fourth-order valence-electron chi connectivity index (χ4n) is 2.93. The summed E-state index contributed by atoms with van der Waals surface area (Å²) >= 11 is 1.67. The van der Waals surface area contributed by atoms with Crippen LogP contribution in [0.3, 0.4) is 0 Å². The SMILES string of the molecule is CCN(Cc1cccc2c1OCCO2)C(=O)C(C)SCc1ccccc1. The van der Waals surface area contributed by atoms with E-state index >= 15 is 0 Å². The molecule has 5 heteroatoms. The number of para-hydroxylation sites is 1. The van der Waals surface area contributed by atoms with E-state index in [1.807, 2.05) is 55.1 Å². The zero-order chi connectivity index (χ0) is 18.4. The monoisotopic (exact) mass is 371 g/mol. The molecule has 138 valence electrons. The molecule has 1 aliphatic heterocycles. The zero-order valence-electron chi connectivity index (χ0n) is 15.3. The molecule has 2 aromatic carbocycles. The van der Waals surface area contributed by atoms with Crippen LogP contribution in [0.2, 0.25) is 0 Å². The molecule has 0 radical (unpaired) electrons. The van der Waals surface area contributed by atoms with Crippen molar-refractivity contribution in [2.75, 3.05) is 19.8 Å². The third-order valence-electron chi connectivity index (χ3n) is 4.39. The average Bonchev–Trinajstić information content (AvgIpc) is 2.70. The lowest BCUT2D eigenvalue weighted by molar-refractivity contribution is -0.130. The Morgan fingerprint density at radius 3 is 2.65 bits per heavy atom. The Morgan fingerprint density at radius 1 is 1.12 bits per heavy atom. The van der Waals surface area contributed by atoms with Gasteiger partial charge in [0, 0.05) is 24.4 Å². The van der Waals surface area contributed by atoms with Crippen LogP contribution < -0.4 is 9.47 Å². The van der Waals surface area contributed by atoms with E-state index in [1.54, 1.807) is 11.8 Å². The van der Waals surface area contributed by atoms with Gasteiger partial charge in [-0.1, -0.05) is 42.5 Å². The van der Waals surface area contributed by atoms with Crippen molar-refractivity contribution in [3.8, 4) is 11.5 Å². The van der Waals surface area contributed by atoms with Gasteiger partial charge in [0.15, 0.2) is 11.5 Å². The van der Waals surface area contributed by atoms with Gasteiger partial charge in [0.2, 0.25) is 5.91 Å². The molecule has 1 heterocycles. The first-order chi connectivity index (χ1) is 12.7. The van der Waals surface area contributed by atoms with Gasteiger partial charge >= 0.3 is 0 Å². The predicted octanol–water partition coefficient (Wildman–Crippen LogP) is 4.13. The van der Waals surface area contributed by atoms with Crippen molar-refractivity contribution in [1.82, 2.24) is 4.90 Å². The fourth-order valence-corrected chi connectivity index (χ4v) is 3.86. The number of nitrogens with zero attached hydrogens (tertiary/aromatic N) is 1. The maximum Gasteiger partial charge on any atom is 0.235 e. The van der Waals surface area contributed by atoms with Crippen molar-refractivity contribution in [2.24, 2.45) is 0 Å². The molecule has 2 aromatic rings. The third-order valence-corrected chi connectivity index (χ3v) is 5.59.